The van der Waals surface area contributed by atoms with E-state index in [-0.39, 0.29) is 0 Å². The summed E-state index contributed by atoms with van der Waals surface area (Å²) in [6, 6.07) is 13.6. The van der Waals surface area contributed by atoms with Crippen molar-refractivity contribution in [3.8, 4) is 0 Å². The number of nitrogens with two attached hydrogens (primary N) is 1. The Kier molecular flexibility index (Phi) is 3.75. The number of benzene rings is 2. The molecule has 3 rings (SSSR count). The lowest BCUT2D eigenvalue weighted by Crippen LogP contribution is -2.01. The van der Waals surface area contributed by atoms with E-state index < -0.39 is 10.8 Å². The number of H-pyrrole nitrogens is 1. The number of rotatable bonds is 4. The summed E-state index contributed by atoms with van der Waals surface area (Å²) in [6.45, 7) is 2.04. The molecule has 1 aromatic heterocycles. The molecule has 0 radical (unpaired) electrons. The zero-order valence-corrected chi connectivity index (χ0v) is 12.6. The van der Waals surface area contributed by atoms with Crippen LogP contribution in [0.4, 0.5) is 5.69 Å². The summed E-state index contributed by atoms with van der Waals surface area (Å²) in [4.78, 5) is 7.63. The highest BCUT2D eigenvalue weighted by Crippen LogP contribution is 2.16. The Morgan fingerprint density at radius 3 is 2.86 bits per heavy atom. The molecule has 0 aliphatic heterocycles. The van der Waals surface area contributed by atoms with Gasteiger partial charge < -0.3 is 10.7 Å². The van der Waals surface area contributed by atoms with E-state index in [1.807, 2.05) is 43.3 Å². The third-order valence-corrected chi connectivity index (χ3v) is 4.51. The number of hydrogen-bond donors (Lipinski definition) is 2. The van der Waals surface area contributed by atoms with E-state index in [1.165, 1.54) is 5.56 Å². The maximum absolute atomic E-state index is 12.3. The van der Waals surface area contributed by atoms with E-state index in [0.717, 1.165) is 22.4 Å². The maximum Gasteiger partial charge on any atom is 0.119 e. The van der Waals surface area contributed by atoms with Gasteiger partial charge in [0.1, 0.15) is 5.82 Å². The Morgan fingerprint density at radius 1 is 1.19 bits per heavy atom. The second-order valence-electron chi connectivity index (χ2n) is 5.18. The first kappa shape index (κ1) is 13.8. The van der Waals surface area contributed by atoms with E-state index in [9.17, 15) is 4.21 Å². The van der Waals surface area contributed by atoms with Gasteiger partial charge in [-0.15, -0.1) is 0 Å². The van der Waals surface area contributed by atoms with Crippen molar-refractivity contribution in [2.75, 3.05) is 5.73 Å². The number of hydrogen-bond acceptors (Lipinski definition) is 3. The van der Waals surface area contributed by atoms with Gasteiger partial charge in [-0.2, -0.15) is 0 Å². The van der Waals surface area contributed by atoms with Gasteiger partial charge in [0.15, 0.2) is 0 Å². The molecule has 0 saturated carbocycles. The summed E-state index contributed by atoms with van der Waals surface area (Å²) in [6.07, 6.45) is 0. The van der Waals surface area contributed by atoms with E-state index in [4.69, 9.17) is 5.73 Å². The monoisotopic (exact) mass is 299 g/mol. The van der Waals surface area contributed by atoms with Gasteiger partial charge in [-0.3, -0.25) is 4.21 Å². The summed E-state index contributed by atoms with van der Waals surface area (Å²) in [7, 11) is -0.987. The summed E-state index contributed by atoms with van der Waals surface area (Å²) in [5.41, 5.74) is 10.5. The van der Waals surface area contributed by atoms with Crippen LogP contribution < -0.4 is 5.73 Å². The van der Waals surface area contributed by atoms with Crippen LogP contribution in [-0.2, 0) is 22.3 Å². The highest BCUT2D eigenvalue weighted by Gasteiger charge is 2.08. The molecule has 0 bridgehead atoms. The van der Waals surface area contributed by atoms with Gasteiger partial charge in [-0.25, -0.2) is 4.98 Å². The fraction of sp³-hybridized carbons (Fsp3) is 0.188. The number of aryl methyl sites for hydroxylation is 1. The number of nitrogen functional groups attached to an aromatic ring is 1. The molecule has 1 heterocycles. The highest BCUT2D eigenvalue weighted by molar-refractivity contribution is 7.83. The van der Waals surface area contributed by atoms with Crippen molar-refractivity contribution in [3.05, 3.63) is 59.4 Å². The Labute approximate surface area is 125 Å². The van der Waals surface area contributed by atoms with Crippen molar-refractivity contribution in [2.24, 2.45) is 0 Å². The second kappa shape index (κ2) is 5.69. The van der Waals surface area contributed by atoms with Gasteiger partial charge in [0, 0.05) is 22.2 Å². The van der Waals surface area contributed by atoms with Crippen LogP contribution in [0.25, 0.3) is 11.0 Å². The van der Waals surface area contributed by atoms with Crippen molar-refractivity contribution in [1.29, 1.82) is 0 Å². The van der Waals surface area contributed by atoms with Crippen molar-refractivity contribution in [2.45, 2.75) is 18.4 Å². The second-order valence-corrected chi connectivity index (χ2v) is 6.63. The number of aromatic nitrogens is 2. The molecular formula is C16H17N3OS. The van der Waals surface area contributed by atoms with Crippen molar-refractivity contribution < 1.29 is 4.21 Å². The molecule has 21 heavy (non-hydrogen) atoms. The number of imidazole rings is 1. The molecule has 1 atom stereocenters. The molecule has 108 valence electrons. The molecule has 0 saturated heterocycles. The Morgan fingerprint density at radius 2 is 2.05 bits per heavy atom. The summed E-state index contributed by atoms with van der Waals surface area (Å²) < 4.78 is 12.3. The number of aromatic amines is 1. The quantitative estimate of drug-likeness (QED) is 0.728. The lowest BCUT2D eigenvalue weighted by molar-refractivity contribution is 0.681. The zero-order chi connectivity index (χ0) is 14.8. The fourth-order valence-electron chi connectivity index (χ4n) is 2.34. The molecule has 4 nitrogen and oxygen atoms in total. The highest BCUT2D eigenvalue weighted by atomic mass is 32.2. The number of anilines is 1. The lowest BCUT2D eigenvalue weighted by atomic mass is 10.2. The predicted molar refractivity (Wildman–Crippen MR) is 87.2 cm³/mol. The van der Waals surface area contributed by atoms with E-state index in [1.54, 1.807) is 0 Å². The van der Waals surface area contributed by atoms with E-state index >= 15 is 0 Å². The minimum absolute atomic E-state index is 0.419. The van der Waals surface area contributed by atoms with Gasteiger partial charge in [0.2, 0.25) is 0 Å². The molecule has 3 N–H and O–H groups in total. The zero-order valence-electron chi connectivity index (χ0n) is 11.8. The summed E-state index contributed by atoms with van der Waals surface area (Å²) >= 11 is 0. The number of fused-ring (bicyclic) bond motifs is 1. The van der Waals surface area contributed by atoms with Gasteiger partial charge >= 0.3 is 0 Å². The topological polar surface area (TPSA) is 71.8 Å². The third kappa shape index (κ3) is 3.31. The SMILES string of the molecule is Cc1cccc(CS(=O)Cc2nc3ccc(N)cc3[nH]2)c1. The van der Waals surface area contributed by atoms with Crippen LogP contribution >= 0.6 is 0 Å². The summed E-state index contributed by atoms with van der Waals surface area (Å²) in [5.74, 6) is 1.70. The number of nitrogens with zero attached hydrogens (tertiary/aromatic N) is 1. The molecule has 3 aromatic rings. The Balaban J connectivity index is 1.74. The van der Waals surface area contributed by atoms with Crippen LogP contribution in [0.1, 0.15) is 17.0 Å². The van der Waals surface area contributed by atoms with Gasteiger partial charge in [-0.05, 0) is 30.7 Å². The van der Waals surface area contributed by atoms with Crippen LogP contribution in [0.3, 0.4) is 0 Å². The first-order valence-corrected chi connectivity index (χ1v) is 8.23. The molecular weight excluding hydrogens is 282 g/mol. The standard InChI is InChI=1S/C16H17N3OS/c1-11-3-2-4-12(7-11)9-21(20)10-16-18-14-6-5-13(17)8-15(14)19-16/h2-8H,9-10,17H2,1H3,(H,18,19). The van der Waals surface area contributed by atoms with Crippen molar-refractivity contribution in [1.82, 2.24) is 9.97 Å². The lowest BCUT2D eigenvalue weighted by Gasteiger charge is -2.02. The minimum atomic E-state index is -0.987. The molecule has 0 aliphatic carbocycles. The first-order chi connectivity index (χ1) is 10.1. The molecule has 0 amide bonds. The molecule has 5 heteroatoms. The van der Waals surface area contributed by atoms with Crippen LogP contribution in [0.5, 0.6) is 0 Å². The largest absolute Gasteiger partial charge is 0.399 e. The van der Waals surface area contributed by atoms with Crippen LogP contribution in [0.15, 0.2) is 42.5 Å². The fourth-order valence-corrected chi connectivity index (χ4v) is 3.43. The normalized spacial score (nSPS) is 12.6. The number of nitrogens with one attached hydrogen (secondary N) is 1. The molecule has 2 aromatic carbocycles. The predicted octanol–water partition coefficient (Wildman–Crippen LogP) is 2.90. The van der Waals surface area contributed by atoms with E-state index in [2.05, 4.69) is 16.0 Å². The molecule has 0 aliphatic rings. The molecule has 1 unspecified atom stereocenters. The average Bonchev–Trinajstić information content (AvgIpc) is 2.79. The van der Waals surface area contributed by atoms with Crippen LogP contribution in [0.2, 0.25) is 0 Å². The summed E-state index contributed by atoms with van der Waals surface area (Å²) in [5, 5.41) is 0. The first-order valence-electron chi connectivity index (χ1n) is 6.75. The minimum Gasteiger partial charge on any atom is -0.399 e. The maximum atomic E-state index is 12.3. The Bertz CT molecular complexity index is 810. The van der Waals surface area contributed by atoms with Gasteiger partial charge in [0.05, 0.1) is 16.8 Å². The smallest absolute Gasteiger partial charge is 0.119 e. The van der Waals surface area contributed by atoms with Crippen molar-refractivity contribution >= 4 is 27.5 Å². The van der Waals surface area contributed by atoms with Crippen LogP contribution in [-0.4, -0.2) is 14.2 Å². The molecule has 0 spiro atoms. The van der Waals surface area contributed by atoms with Crippen molar-refractivity contribution in [3.63, 3.8) is 0 Å². The Hall–Kier alpha value is -2.14. The third-order valence-electron chi connectivity index (χ3n) is 3.26. The van der Waals surface area contributed by atoms with Gasteiger partial charge in [-0.1, -0.05) is 29.8 Å². The average molecular weight is 299 g/mol. The van der Waals surface area contributed by atoms with Crippen LogP contribution in [0, 0.1) is 6.92 Å². The van der Waals surface area contributed by atoms with E-state index in [0.29, 0.717) is 17.2 Å². The van der Waals surface area contributed by atoms with Gasteiger partial charge in [0.25, 0.3) is 0 Å². The molecule has 0 fully saturated rings.